The Labute approximate surface area is 136 Å². The molecule has 0 saturated carbocycles. The highest BCUT2D eigenvalue weighted by molar-refractivity contribution is 5.95. The van der Waals surface area contributed by atoms with E-state index in [0.29, 0.717) is 17.1 Å². The Morgan fingerprint density at radius 2 is 1.78 bits per heavy atom. The number of hydrogen-bond donors (Lipinski definition) is 1. The van der Waals surface area contributed by atoms with Crippen LogP contribution in [-0.4, -0.2) is 20.1 Å². The summed E-state index contributed by atoms with van der Waals surface area (Å²) in [5, 5.41) is 3.14. The molecule has 0 radical (unpaired) electrons. The van der Waals surface area contributed by atoms with Crippen LogP contribution in [0.4, 0.5) is 0 Å². The van der Waals surface area contributed by atoms with Crippen molar-refractivity contribution in [2.24, 2.45) is 0 Å². The van der Waals surface area contributed by atoms with Gasteiger partial charge in [0.25, 0.3) is 5.91 Å². The Morgan fingerprint density at radius 3 is 2.48 bits per heavy atom. The number of methoxy groups -OCH3 is 2. The number of ether oxygens (including phenoxy) is 2. The van der Waals surface area contributed by atoms with E-state index in [-0.39, 0.29) is 11.9 Å². The third-order valence-corrected chi connectivity index (χ3v) is 4.29. The molecule has 0 bridgehead atoms. The predicted molar refractivity (Wildman–Crippen MR) is 89.1 cm³/mol. The summed E-state index contributed by atoms with van der Waals surface area (Å²) in [4.78, 5) is 12.6. The molecule has 0 fully saturated rings. The Balaban J connectivity index is 1.83. The zero-order chi connectivity index (χ0) is 16.2. The van der Waals surface area contributed by atoms with E-state index < -0.39 is 0 Å². The first kappa shape index (κ1) is 15.4. The van der Waals surface area contributed by atoms with Crippen molar-refractivity contribution in [2.45, 2.75) is 25.3 Å². The molecule has 1 aliphatic carbocycles. The fourth-order valence-corrected chi connectivity index (χ4v) is 3.08. The fourth-order valence-electron chi connectivity index (χ4n) is 3.08. The summed E-state index contributed by atoms with van der Waals surface area (Å²) >= 11 is 0. The molecule has 0 unspecified atom stereocenters. The van der Waals surface area contributed by atoms with E-state index in [1.54, 1.807) is 32.4 Å². The zero-order valence-corrected chi connectivity index (χ0v) is 13.5. The first-order valence-corrected chi connectivity index (χ1v) is 7.83. The fraction of sp³-hybridized carbons (Fsp3) is 0.316. The molecule has 0 aliphatic heterocycles. The first-order valence-electron chi connectivity index (χ1n) is 7.83. The number of carbonyl (C=O) groups excluding carboxylic acids is 1. The number of amides is 1. The average molecular weight is 311 g/mol. The van der Waals surface area contributed by atoms with E-state index in [1.807, 2.05) is 6.07 Å². The molecule has 1 atom stereocenters. The second kappa shape index (κ2) is 6.73. The van der Waals surface area contributed by atoms with Gasteiger partial charge in [-0.05, 0) is 42.5 Å². The van der Waals surface area contributed by atoms with Gasteiger partial charge in [0.1, 0.15) is 11.5 Å². The zero-order valence-electron chi connectivity index (χ0n) is 13.5. The molecule has 3 rings (SSSR count). The van der Waals surface area contributed by atoms with Gasteiger partial charge in [0.05, 0.1) is 20.3 Å². The SMILES string of the molecule is COc1cc(OC)cc(C(=O)N[C@H]2CCCc3ccccc32)c1. The van der Waals surface area contributed by atoms with Gasteiger partial charge in [0.2, 0.25) is 0 Å². The van der Waals surface area contributed by atoms with Crippen molar-refractivity contribution in [3.63, 3.8) is 0 Å². The molecule has 0 aromatic heterocycles. The Hall–Kier alpha value is -2.49. The summed E-state index contributed by atoms with van der Waals surface area (Å²) in [6, 6.07) is 13.6. The maximum absolute atomic E-state index is 12.6. The number of aryl methyl sites for hydroxylation is 1. The van der Waals surface area contributed by atoms with Gasteiger partial charge < -0.3 is 14.8 Å². The van der Waals surface area contributed by atoms with Crippen molar-refractivity contribution in [2.75, 3.05) is 14.2 Å². The van der Waals surface area contributed by atoms with Gasteiger partial charge in [0, 0.05) is 11.6 Å². The number of carbonyl (C=O) groups is 1. The van der Waals surface area contributed by atoms with Gasteiger partial charge in [0.15, 0.2) is 0 Å². The molecule has 120 valence electrons. The summed E-state index contributed by atoms with van der Waals surface area (Å²) in [5.41, 5.74) is 3.10. The monoisotopic (exact) mass is 311 g/mol. The van der Waals surface area contributed by atoms with Crippen LogP contribution in [0.3, 0.4) is 0 Å². The average Bonchev–Trinajstić information content (AvgIpc) is 2.61. The minimum absolute atomic E-state index is 0.0599. The maximum Gasteiger partial charge on any atom is 0.252 e. The lowest BCUT2D eigenvalue weighted by Gasteiger charge is -2.26. The normalized spacial score (nSPS) is 16.3. The van der Waals surface area contributed by atoms with Gasteiger partial charge in [-0.25, -0.2) is 0 Å². The molecule has 0 saturated heterocycles. The van der Waals surface area contributed by atoms with E-state index in [0.717, 1.165) is 19.3 Å². The molecule has 0 spiro atoms. The van der Waals surface area contributed by atoms with Crippen LogP contribution in [-0.2, 0) is 6.42 Å². The molecular formula is C19H21NO3. The van der Waals surface area contributed by atoms with Gasteiger partial charge in [-0.15, -0.1) is 0 Å². The Bertz CT molecular complexity index is 689. The van der Waals surface area contributed by atoms with E-state index in [4.69, 9.17) is 9.47 Å². The van der Waals surface area contributed by atoms with Crippen LogP contribution in [0.15, 0.2) is 42.5 Å². The van der Waals surface area contributed by atoms with Crippen LogP contribution < -0.4 is 14.8 Å². The van der Waals surface area contributed by atoms with Gasteiger partial charge in [-0.2, -0.15) is 0 Å². The number of rotatable bonds is 4. The van der Waals surface area contributed by atoms with Crippen LogP contribution in [0.25, 0.3) is 0 Å². The van der Waals surface area contributed by atoms with Crippen LogP contribution in [0.5, 0.6) is 11.5 Å². The molecule has 1 N–H and O–H groups in total. The molecule has 4 heteroatoms. The van der Waals surface area contributed by atoms with Gasteiger partial charge in [-0.1, -0.05) is 24.3 Å². The lowest BCUT2D eigenvalue weighted by Crippen LogP contribution is -2.31. The summed E-state index contributed by atoms with van der Waals surface area (Å²) in [6.45, 7) is 0. The highest BCUT2D eigenvalue weighted by Gasteiger charge is 2.22. The molecule has 2 aromatic carbocycles. The van der Waals surface area contributed by atoms with Crippen LogP contribution in [0.1, 0.15) is 40.4 Å². The van der Waals surface area contributed by atoms with Crippen molar-refractivity contribution in [3.05, 3.63) is 59.2 Å². The van der Waals surface area contributed by atoms with E-state index in [2.05, 4.69) is 23.5 Å². The highest BCUT2D eigenvalue weighted by Crippen LogP contribution is 2.30. The molecule has 23 heavy (non-hydrogen) atoms. The molecule has 4 nitrogen and oxygen atoms in total. The van der Waals surface area contributed by atoms with Crippen molar-refractivity contribution in [1.82, 2.24) is 5.32 Å². The number of fused-ring (bicyclic) bond motifs is 1. The predicted octanol–water partition coefficient (Wildman–Crippen LogP) is 3.51. The quantitative estimate of drug-likeness (QED) is 0.940. The second-order valence-corrected chi connectivity index (χ2v) is 5.72. The van der Waals surface area contributed by atoms with Gasteiger partial charge >= 0.3 is 0 Å². The van der Waals surface area contributed by atoms with Crippen LogP contribution in [0, 0.1) is 0 Å². The summed E-state index contributed by atoms with van der Waals surface area (Å²) in [6.07, 6.45) is 3.13. The Morgan fingerprint density at radius 1 is 1.09 bits per heavy atom. The number of hydrogen-bond acceptors (Lipinski definition) is 3. The number of nitrogens with one attached hydrogen (secondary N) is 1. The minimum Gasteiger partial charge on any atom is -0.497 e. The van der Waals surface area contributed by atoms with Crippen molar-refractivity contribution < 1.29 is 14.3 Å². The molecule has 2 aromatic rings. The standard InChI is InChI=1S/C19H21NO3/c1-22-15-10-14(11-16(12-15)23-2)19(21)20-18-9-5-7-13-6-3-4-8-17(13)18/h3-4,6,8,10-12,18H,5,7,9H2,1-2H3,(H,20,21)/t18-/m0/s1. The lowest BCUT2D eigenvalue weighted by atomic mass is 9.87. The maximum atomic E-state index is 12.6. The summed E-state index contributed by atoms with van der Waals surface area (Å²) in [7, 11) is 3.15. The van der Waals surface area contributed by atoms with E-state index in [9.17, 15) is 4.79 Å². The Kier molecular flexibility index (Phi) is 4.51. The summed E-state index contributed by atoms with van der Waals surface area (Å²) < 4.78 is 10.5. The smallest absolute Gasteiger partial charge is 0.252 e. The molecule has 0 heterocycles. The largest absolute Gasteiger partial charge is 0.497 e. The van der Waals surface area contributed by atoms with Crippen molar-refractivity contribution in [3.8, 4) is 11.5 Å². The molecule has 1 amide bonds. The summed E-state index contributed by atoms with van der Waals surface area (Å²) in [5.74, 6) is 1.11. The third kappa shape index (κ3) is 3.31. The lowest BCUT2D eigenvalue weighted by molar-refractivity contribution is 0.0932. The van der Waals surface area contributed by atoms with E-state index in [1.165, 1.54) is 11.1 Å². The van der Waals surface area contributed by atoms with E-state index >= 15 is 0 Å². The number of benzene rings is 2. The first-order chi connectivity index (χ1) is 11.2. The second-order valence-electron chi connectivity index (χ2n) is 5.72. The molecular weight excluding hydrogens is 290 g/mol. The van der Waals surface area contributed by atoms with Gasteiger partial charge in [-0.3, -0.25) is 4.79 Å². The topological polar surface area (TPSA) is 47.6 Å². The van der Waals surface area contributed by atoms with Crippen LogP contribution in [0.2, 0.25) is 0 Å². The van der Waals surface area contributed by atoms with Crippen molar-refractivity contribution in [1.29, 1.82) is 0 Å². The van der Waals surface area contributed by atoms with Crippen molar-refractivity contribution >= 4 is 5.91 Å². The van der Waals surface area contributed by atoms with Crippen LogP contribution >= 0.6 is 0 Å². The highest BCUT2D eigenvalue weighted by atomic mass is 16.5. The minimum atomic E-state index is -0.107. The molecule has 1 aliphatic rings. The third-order valence-electron chi connectivity index (χ3n) is 4.29.